The summed E-state index contributed by atoms with van der Waals surface area (Å²) in [4.78, 5) is 16.3. The summed E-state index contributed by atoms with van der Waals surface area (Å²) in [6.45, 7) is 0. The SMILES string of the molecule is O=C(CC(O)c1cccc(F)c1)Nc1cnc2ccccc2c1. The van der Waals surface area contributed by atoms with Crippen LogP contribution >= 0.6 is 0 Å². The van der Waals surface area contributed by atoms with Crippen LogP contribution in [0.15, 0.2) is 60.8 Å². The first-order chi connectivity index (χ1) is 11.1. The van der Waals surface area contributed by atoms with Gasteiger partial charge in [0, 0.05) is 5.39 Å². The molecule has 1 unspecified atom stereocenters. The summed E-state index contributed by atoms with van der Waals surface area (Å²) in [7, 11) is 0. The molecule has 0 bridgehead atoms. The minimum atomic E-state index is -1.06. The lowest BCUT2D eigenvalue weighted by molar-refractivity contribution is -0.118. The Morgan fingerprint density at radius 1 is 1.17 bits per heavy atom. The summed E-state index contributed by atoms with van der Waals surface area (Å²) in [5.74, 6) is -0.806. The number of aliphatic hydroxyl groups is 1. The van der Waals surface area contributed by atoms with Gasteiger partial charge in [0.05, 0.1) is 29.9 Å². The Hall–Kier alpha value is -2.79. The van der Waals surface area contributed by atoms with Crippen molar-refractivity contribution in [1.82, 2.24) is 4.98 Å². The van der Waals surface area contributed by atoms with Crippen LogP contribution in [0.4, 0.5) is 10.1 Å². The van der Waals surface area contributed by atoms with Gasteiger partial charge in [-0.2, -0.15) is 0 Å². The summed E-state index contributed by atoms with van der Waals surface area (Å²) in [5, 5.41) is 13.6. The summed E-state index contributed by atoms with van der Waals surface area (Å²) >= 11 is 0. The molecule has 3 aromatic rings. The van der Waals surface area contributed by atoms with Gasteiger partial charge in [-0.05, 0) is 29.8 Å². The van der Waals surface area contributed by atoms with E-state index in [9.17, 15) is 14.3 Å². The predicted octanol–water partition coefficient (Wildman–Crippen LogP) is 3.44. The fourth-order valence-electron chi connectivity index (χ4n) is 2.36. The maximum absolute atomic E-state index is 13.1. The number of hydrogen-bond acceptors (Lipinski definition) is 3. The summed E-state index contributed by atoms with van der Waals surface area (Å²) in [6.07, 6.45) is 0.351. The number of hydrogen-bond donors (Lipinski definition) is 2. The number of nitrogens with zero attached hydrogens (tertiary/aromatic N) is 1. The molecule has 0 aliphatic rings. The lowest BCUT2D eigenvalue weighted by Gasteiger charge is -2.11. The first-order valence-electron chi connectivity index (χ1n) is 7.20. The lowest BCUT2D eigenvalue weighted by atomic mass is 10.1. The zero-order valence-corrected chi connectivity index (χ0v) is 12.2. The van der Waals surface area contributed by atoms with Crippen LogP contribution in [0.25, 0.3) is 10.9 Å². The van der Waals surface area contributed by atoms with Gasteiger partial charge in [-0.15, -0.1) is 0 Å². The van der Waals surface area contributed by atoms with Gasteiger partial charge in [0.2, 0.25) is 5.91 Å². The molecule has 1 heterocycles. The van der Waals surface area contributed by atoms with Crippen molar-refractivity contribution in [3.8, 4) is 0 Å². The van der Waals surface area contributed by atoms with Crippen molar-refractivity contribution >= 4 is 22.5 Å². The van der Waals surface area contributed by atoms with Crippen LogP contribution in [-0.4, -0.2) is 16.0 Å². The highest BCUT2D eigenvalue weighted by atomic mass is 19.1. The van der Waals surface area contributed by atoms with Gasteiger partial charge in [-0.3, -0.25) is 9.78 Å². The maximum Gasteiger partial charge on any atom is 0.227 e. The quantitative estimate of drug-likeness (QED) is 0.776. The molecule has 2 aromatic carbocycles. The number of aliphatic hydroxyl groups excluding tert-OH is 1. The number of nitrogens with one attached hydrogen (secondary N) is 1. The zero-order chi connectivity index (χ0) is 16.2. The molecule has 1 amide bonds. The molecule has 0 aliphatic heterocycles. The smallest absolute Gasteiger partial charge is 0.227 e. The Bertz CT molecular complexity index is 851. The highest BCUT2D eigenvalue weighted by molar-refractivity contribution is 5.93. The molecule has 5 heteroatoms. The van der Waals surface area contributed by atoms with Crippen molar-refractivity contribution in [2.24, 2.45) is 0 Å². The molecule has 4 nitrogen and oxygen atoms in total. The molecule has 0 saturated heterocycles. The number of aromatic nitrogens is 1. The van der Waals surface area contributed by atoms with Gasteiger partial charge in [-0.25, -0.2) is 4.39 Å². The summed E-state index contributed by atoms with van der Waals surface area (Å²) < 4.78 is 13.1. The topological polar surface area (TPSA) is 62.2 Å². The fraction of sp³-hybridized carbons (Fsp3) is 0.111. The maximum atomic E-state index is 13.1. The third-order valence-electron chi connectivity index (χ3n) is 3.49. The van der Waals surface area contributed by atoms with E-state index >= 15 is 0 Å². The Labute approximate surface area is 132 Å². The van der Waals surface area contributed by atoms with E-state index in [4.69, 9.17) is 0 Å². The van der Waals surface area contributed by atoms with E-state index in [1.165, 1.54) is 18.2 Å². The molecule has 3 rings (SSSR count). The van der Waals surface area contributed by atoms with Gasteiger partial charge in [0.1, 0.15) is 5.82 Å². The normalized spacial score (nSPS) is 12.1. The second-order valence-electron chi connectivity index (χ2n) is 5.24. The molecular formula is C18H15FN2O2. The van der Waals surface area contributed by atoms with Crippen LogP contribution in [-0.2, 0) is 4.79 Å². The van der Waals surface area contributed by atoms with E-state index < -0.39 is 11.9 Å². The van der Waals surface area contributed by atoms with Crippen LogP contribution in [0.5, 0.6) is 0 Å². The van der Waals surface area contributed by atoms with E-state index in [2.05, 4.69) is 10.3 Å². The molecule has 0 radical (unpaired) electrons. The number of para-hydroxylation sites is 1. The highest BCUT2D eigenvalue weighted by Gasteiger charge is 2.14. The molecule has 0 spiro atoms. The van der Waals surface area contributed by atoms with E-state index in [-0.39, 0.29) is 12.3 Å². The van der Waals surface area contributed by atoms with Gasteiger partial charge in [0.25, 0.3) is 0 Å². The number of carbonyl (C=O) groups excluding carboxylic acids is 1. The average molecular weight is 310 g/mol. The van der Waals surface area contributed by atoms with Crippen molar-refractivity contribution < 1.29 is 14.3 Å². The van der Waals surface area contributed by atoms with Gasteiger partial charge >= 0.3 is 0 Å². The van der Waals surface area contributed by atoms with E-state index in [1.807, 2.05) is 30.3 Å². The lowest BCUT2D eigenvalue weighted by Crippen LogP contribution is -2.15. The molecule has 1 atom stereocenters. The molecule has 0 fully saturated rings. The second kappa shape index (κ2) is 6.54. The van der Waals surface area contributed by atoms with Gasteiger partial charge in [0.15, 0.2) is 0 Å². The van der Waals surface area contributed by atoms with Crippen molar-refractivity contribution in [2.45, 2.75) is 12.5 Å². The van der Waals surface area contributed by atoms with Crippen molar-refractivity contribution in [3.63, 3.8) is 0 Å². The van der Waals surface area contributed by atoms with Crippen LogP contribution in [0.2, 0.25) is 0 Å². The third-order valence-corrected chi connectivity index (χ3v) is 3.49. The minimum Gasteiger partial charge on any atom is -0.388 e. The van der Waals surface area contributed by atoms with E-state index in [0.717, 1.165) is 10.9 Å². The fourth-order valence-corrected chi connectivity index (χ4v) is 2.36. The summed E-state index contributed by atoms with van der Waals surface area (Å²) in [6, 6.07) is 15.0. The molecular weight excluding hydrogens is 295 g/mol. The van der Waals surface area contributed by atoms with Crippen LogP contribution in [0, 0.1) is 5.82 Å². The zero-order valence-electron chi connectivity index (χ0n) is 12.2. The third kappa shape index (κ3) is 3.70. The van der Waals surface area contributed by atoms with Gasteiger partial charge < -0.3 is 10.4 Å². The number of halogens is 1. The molecule has 23 heavy (non-hydrogen) atoms. The molecule has 1 aromatic heterocycles. The highest BCUT2D eigenvalue weighted by Crippen LogP contribution is 2.20. The number of benzene rings is 2. The number of pyridine rings is 1. The van der Waals surface area contributed by atoms with Crippen molar-refractivity contribution in [1.29, 1.82) is 0 Å². The predicted molar refractivity (Wildman–Crippen MR) is 86.3 cm³/mol. The van der Waals surface area contributed by atoms with Gasteiger partial charge in [-0.1, -0.05) is 30.3 Å². The Balaban J connectivity index is 1.68. The first-order valence-corrected chi connectivity index (χ1v) is 7.20. The largest absolute Gasteiger partial charge is 0.388 e. The monoisotopic (exact) mass is 310 g/mol. The molecule has 2 N–H and O–H groups in total. The van der Waals surface area contributed by atoms with Crippen molar-refractivity contribution in [2.75, 3.05) is 5.32 Å². The van der Waals surface area contributed by atoms with E-state index in [1.54, 1.807) is 12.3 Å². The number of carbonyl (C=O) groups is 1. The van der Waals surface area contributed by atoms with E-state index in [0.29, 0.717) is 11.3 Å². The number of anilines is 1. The minimum absolute atomic E-state index is 0.156. The number of rotatable bonds is 4. The Morgan fingerprint density at radius 3 is 2.83 bits per heavy atom. The average Bonchev–Trinajstić information content (AvgIpc) is 2.54. The van der Waals surface area contributed by atoms with Crippen molar-refractivity contribution in [3.05, 3.63) is 72.2 Å². The van der Waals surface area contributed by atoms with Crippen LogP contribution < -0.4 is 5.32 Å². The molecule has 0 saturated carbocycles. The standard InChI is InChI=1S/C18H15FN2O2/c19-14-6-3-5-13(8-14)17(22)10-18(23)21-15-9-12-4-1-2-7-16(12)20-11-15/h1-9,11,17,22H,10H2,(H,21,23). The first kappa shape index (κ1) is 15.1. The van der Waals surface area contributed by atoms with Crippen LogP contribution in [0.1, 0.15) is 18.1 Å². The molecule has 0 aliphatic carbocycles. The molecule has 116 valence electrons. The Kier molecular flexibility index (Phi) is 4.30. The number of fused-ring (bicyclic) bond motifs is 1. The van der Waals surface area contributed by atoms with Crippen LogP contribution in [0.3, 0.4) is 0 Å². The Morgan fingerprint density at radius 2 is 2.00 bits per heavy atom. The summed E-state index contributed by atoms with van der Waals surface area (Å²) in [5.41, 5.74) is 1.77. The second-order valence-corrected chi connectivity index (χ2v) is 5.24. The number of amides is 1.